The van der Waals surface area contributed by atoms with Crippen molar-refractivity contribution in [3.05, 3.63) is 53.0 Å². The van der Waals surface area contributed by atoms with Crippen LogP contribution in [-0.4, -0.2) is 37.5 Å². The molecule has 0 unspecified atom stereocenters. The van der Waals surface area contributed by atoms with Crippen LogP contribution in [0.4, 0.5) is 0 Å². The van der Waals surface area contributed by atoms with Gasteiger partial charge in [0.15, 0.2) is 0 Å². The van der Waals surface area contributed by atoms with Crippen molar-refractivity contribution in [3.8, 4) is 11.1 Å². The van der Waals surface area contributed by atoms with E-state index < -0.39 is 22.0 Å². The fraction of sp³-hybridized carbons (Fsp3) is 0.391. The molecule has 0 aliphatic heterocycles. The Balaban J connectivity index is 1.61. The Morgan fingerprint density at radius 1 is 0.969 bits per heavy atom. The molecule has 0 bridgehead atoms. The lowest BCUT2D eigenvalue weighted by atomic mass is 9.95. The van der Waals surface area contributed by atoms with Gasteiger partial charge in [-0.25, -0.2) is 8.42 Å². The average Bonchev–Trinajstić information content (AvgIpc) is 2.78. The van der Waals surface area contributed by atoms with Gasteiger partial charge in [-0.1, -0.05) is 59.5 Å². The van der Waals surface area contributed by atoms with Crippen LogP contribution in [0, 0.1) is 0 Å². The summed E-state index contributed by atoms with van der Waals surface area (Å²) in [4.78, 5) is 23.8. The molecule has 0 heterocycles. The summed E-state index contributed by atoms with van der Waals surface area (Å²) in [5.74, 6) is -1.56. The summed E-state index contributed by atoms with van der Waals surface area (Å²) in [6.07, 6.45) is 4.99. The van der Waals surface area contributed by atoms with Crippen molar-refractivity contribution in [2.24, 2.45) is 0 Å². The van der Waals surface area contributed by atoms with Gasteiger partial charge in [0, 0.05) is 16.9 Å². The Morgan fingerprint density at radius 2 is 1.53 bits per heavy atom. The number of aliphatic carboxylic acids is 1. The molecule has 0 radical (unpaired) electrons. The van der Waals surface area contributed by atoms with Crippen molar-refractivity contribution >= 4 is 37.8 Å². The highest BCUT2D eigenvalue weighted by atomic mass is 79.9. The fourth-order valence-corrected chi connectivity index (χ4v) is 5.27. The van der Waals surface area contributed by atoms with E-state index in [1.165, 1.54) is 18.6 Å². The highest BCUT2D eigenvalue weighted by Crippen LogP contribution is 2.23. The smallest absolute Gasteiger partial charge is 0.321 e. The first-order valence-electron chi connectivity index (χ1n) is 10.6. The third-order valence-corrected chi connectivity index (χ3v) is 7.58. The second-order valence-electron chi connectivity index (χ2n) is 7.98. The summed E-state index contributed by atoms with van der Waals surface area (Å²) < 4.78 is 28.6. The first-order valence-corrected chi connectivity index (χ1v) is 12.9. The number of carbonyl (C=O) groups excluding carboxylic acids is 1. The van der Waals surface area contributed by atoms with E-state index in [-0.39, 0.29) is 29.7 Å². The monoisotopic (exact) mass is 522 g/mol. The number of nitrogens with one attached hydrogen (secondary N) is 2. The second kappa shape index (κ2) is 11.1. The van der Waals surface area contributed by atoms with Gasteiger partial charge in [-0.15, -0.1) is 0 Å². The first kappa shape index (κ1) is 24.4. The molecule has 0 saturated heterocycles. The molecular formula is C23H27BrN2O5S. The van der Waals surface area contributed by atoms with Crippen molar-refractivity contribution < 1.29 is 23.1 Å². The molecule has 3 N–H and O–H groups in total. The fourth-order valence-electron chi connectivity index (χ4n) is 3.78. The standard InChI is InChI=1S/C23H27BrN2O5S/c24-18-10-6-16(7-11-18)17-8-12-20(13-9-17)32(30,31)26-21(23(28)29)14-15-22(27)25-19-4-2-1-3-5-19/h6-13,19,21,26H,1-5,14-15H2,(H,25,27)(H,28,29)/t21-/m0/s1. The average molecular weight is 523 g/mol. The van der Waals surface area contributed by atoms with E-state index in [2.05, 4.69) is 26.0 Å². The number of carboxylic acids is 1. The number of hydrogen-bond acceptors (Lipinski definition) is 4. The molecule has 3 rings (SSSR count). The van der Waals surface area contributed by atoms with Crippen molar-refractivity contribution in [3.63, 3.8) is 0 Å². The maximum atomic E-state index is 12.7. The topological polar surface area (TPSA) is 113 Å². The molecule has 1 aliphatic rings. The van der Waals surface area contributed by atoms with Crippen LogP contribution in [0.5, 0.6) is 0 Å². The number of carbonyl (C=O) groups is 2. The van der Waals surface area contributed by atoms with Crippen LogP contribution in [0.25, 0.3) is 11.1 Å². The molecule has 1 atom stereocenters. The van der Waals surface area contributed by atoms with Crippen molar-refractivity contribution in [2.45, 2.75) is 61.9 Å². The molecule has 1 saturated carbocycles. The number of amides is 1. The molecule has 2 aromatic carbocycles. The zero-order valence-corrected chi connectivity index (χ0v) is 20.0. The minimum Gasteiger partial charge on any atom is -0.480 e. The van der Waals surface area contributed by atoms with E-state index in [4.69, 9.17) is 0 Å². The predicted molar refractivity (Wildman–Crippen MR) is 126 cm³/mol. The molecule has 1 aliphatic carbocycles. The Kier molecular flexibility index (Phi) is 8.44. The quantitative estimate of drug-likeness (QED) is 0.459. The van der Waals surface area contributed by atoms with Gasteiger partial charge in [-0.05, 0) is 54.7 Å². The van der Waals surface area contributed by atoms with Gasteiger partial charge in [0.25, 0.3) is 0 Å². The van der Waals surface area contributed by atoms with Gasteiger partial charge < -0.3 is 10.4 Å². The summed E-state index contributed by atoms with van der Waals surface area (Å²) in [5.41, 5.74) is 1.77. The maximum Gasteiger partial charge on any atom is 0.321 e. The van der Waals surface area contributed by atoms with Gasteiger partial charge in [-0.3, -0.25) is 9.59 Å². The lowest BCUT2D eigenvalue weighted by Gasteiger charge is -2.23. The molecule has 172 valence electrons. The first-order chi connectivity index (χ1) is 15.2. The second-order valence-corrected chi connectivity index (χ2v) is 10.6. The molecule has 1 fully saturated rings. The van der Waals surface area contributed by atoms with Gasteiger partial charge in [0.05, 0.1) is 4.90 Å². The van der Waals surface area contributed by atoms with Gasteiger partial charge in [0.2, 0.25) is 15.9 Å². The van der Waals surface area contributed by atoms with E-state index >= 15 is 0 Å². The van der Waals surface area contributed by atoms with Gasteiger partial charge >= 0.3 is 5.97 Å². The van der Waals surface area contributed by atoms with E-state index in [0.717, 1.165) is 41.3 Å². The maximum absolute atomic E-state index is 12.7. The molecule has 32 heavy (non-hydrogen) atoms. The van der Waals surface area contributed by atoms with Crippen LogP contribution in [0.3, 0.4) is 0 Å². The van der Waals surface area contributed by atoms with Crippen LogP contribution in [0.1, 0.15) is 44.9 Å². The zero-order chi connectivity index (χ0) is 23.1. The number of carboxylic acid groups (broad SMARTS) is 1. The molecular weight excluding hydrogens is 496 g/mol. The molecule has 2 aromatic rings. The predicted octanol–water partition coefficient (Wildman–Crippen LogP) is 4.08. The van der Waals surface area contributed by atoms with Crippen molar-refractivity contribution in [1.82, 2.24) is 10.0 Å². The van der Waals surface area contributed by atoms with Crippen LogP contribution in [-0.2, 0) is 19.6 Å². The minimum atomic E-state index is -4.06. The summed E-state index contributed by atoms with van der Waals surface area (Å²) >= 11 is 3.38. The SMILES string of the molecule is O=C(CC[C@H](NS(=O)(=O)c1ccc(-c2ccc(Br)cc2)cc1)C(=O)O)NC1CCCCC1. The third-order valence-electron chi connectivity index (χ3n) is 5.57. The van der Waals surface area contributed by atoms with Crippen LogP contribution in [0.2, 0.25) is 0 Å². The summed E-state index contributed by atoms with van der Waals surface area (Å²) in [7, 11) is -4.06. The Labute approximate surface area is 196 Å². The lowest BCUT2D eigenvalue weighted by molar-refractivity contribution is -0.139. The third kappa shape index (κ3) is 6.88. The highest BCUT2D eigenvalue weighted by Gasteiger charge is 2.26. The van der Waals surface area contributed by atoms with Crippen molar-refractivity contribution in [1.29, 1.82) is 0 Å². The minimum absolute atomic E-state index is 0.0312. The molecule has 7 nitrogen and oxygen atoms in total. The van der Waals surface area contributed by atoms with Crippen LogP contribution >= 0.6 is 15.9 Å². The number of halogens is 1. The van der Waals surface area contributed by atoms with Gasteiger partial charge in [-0.2, -0.15) is 4.72 Å². The molecule has 0 aromatic heterocycles. The Morgan fingerprint density at radius 3 is 2.09 bits per heavy atom. The summed E-state index contributed by atoms with van der Waals surface area (Å²) in [5, 5.41) is 12.4. The van der Waals surface area contributed by atoms with E-state index in [0.29, 0.717) is 0 Å². The Bertz CT molecular complexity index is 1030. The van der Waals surface area contributed by atoms with E-state index in [1.54, 1.807) is 12.1 Å². The summed E-state index contributed by atoms with van der Waals surface area (Å²) in [6, 6.07) is 12.6. The number of rotatable bonds is 9. The molecule has 9 heteroatoms. The molecule has 0 spiro atoms. The number of hydrogen-bond donors (Lipinski definition) is 3. The number of sulfonamides is 1. The number of benzene rings is 2. The Hall–Kier alpha value is -2.23. The largest absolute Gasteiger partial charge is 0.480 e. The van der Waals surface area contributed by atoms with Crippen molar-refractivity contribution in [2.75, 3.05) is 0 Å². The van der Waals surface area contributed by atoms with Crippen LogP contribution in [0.15, 0.2) is 57.9 Å². The molecule has 1 amide bonds. The van der Waals surface area contributed by atoms with Gasteiger partial charge in [0.1, 0.15) is 6.04 Å². The zero-order valence-electron chi connectivity index (χ0n) is 17.6. The lowest BCUT2D eigenvalue weighted by Crippen LogP contribution is -2.42. The highest BCUT2D eigenvalue weighted by molar-refractivity contribution is 9.10. The van der Waals surface area contributed by atoms with E-state index in [1.807, 2.05) is 24.3 Å². The van der Waals surface area contributed by atoms with Crippen LogP contribution < -0.4 is 10.0 Å². The normalized spacial score (nSPS) is 15.8. The van der Waals surface area contributed by atoms with E-state index in [9.17, 15) is 23.1 Å². The summed E-state index contributed by atoms with van der Waals surface area (Å²) in [6.45, 7) is 0.